The van der Waals surface area contributed by atoms with Gasteiger partial charge in [-0.2, -0.15) is 5.10 Å². The molecule has 0 unspecified atom stereocenters. The summed E-state index contributed by atoms with van der Waals surface area (Å²) < 4.78 is 2.60. The van der Waals surface area contributed by atoms with Crippen LogP contribution in [0.1, 0.15) is 23.2 Å². The van der Waals surface area contributed by atoms with E-state index in [1.54, 1.807) is 17.9 Å². The SMILES string of the molecule is CN(CCCC(=O)O)C(=O)c1cnn(-c2ccc(Br)cc2)c1. The van der Waals surface area contributed by atoms with Crippen molar-refractivity contribution < 1.29 is 14.7 Å². The minimum atomic E-state index is -0.857. The van der Waals surface area contributed by atoms with Gasteiger partial charge in [0.2, 0.25) is 0 Å². The van der Waals surface area contributed by atoms with E-state index in [-0.39, 0.29) is 12.3 Å². The zero-order valence-electron chi connectivity index (χ0n) is 12.1. The summed E-state index contributed by atoms with van der Waals surface area (Å²) in [6, 6.07) is 7.58. The van der Waals surface area contributed by atoms with Crippen LogP contribution >= 0.6 is 15.9 Å². The van der Waals surface area contributed by atoms with E-state index in [9.17, 15) is 9.59 Å². The highest BCUT2D eigenvalue weighted by Gasteiger charge is 2.14. The maximum absolute atomic E-state index is 12.2. The van der Waals surface area contributed by atoms with E-state index in [0.29, 0.717) is 18.5 Å². The third-order valence-electron chi connectivity index (χ3n) is 3.15. The Bertz CT molecular complexity index is 667. The highest BCUT2D eigenvalue weighted by Crippen LogP contribution is 2.14. The molecule has 0 atom stereocenters. The molecule has 0 saturated heterocycles. The highest BCUT2D eigenvalue weighted by atomic mass is 79.9. The van der Waals surface area contributed by atoms with Gasteiger partial charge in [-0.25, -0.2) is 4.68 Å². The number of hydrogen-bond donors (Lipinski definition) is 1. The number of amides is 1. The summed E-state index contributed by atoms with van der Waals surface area (Å²) in [5, 5.41) is 12.8. The average Bonchev–Trinajstić information content (AvgIpc) is 2.96. The van der Waals surface area contributed by atoms with Gasteiger partial charge in [0.25, 0.3) is 5.91 Å². The number of hydrogen-bond acceptors (Lipinski definition) is 3. The second-order valence-corrected chi connectivity index (χ2v) is 5.79. The van der Waals surface area contributed by atoms with Crippen molar-refractivity contribution in [3.63, 3.8) is 0 Å². The van der Waals surface area contributed by atoms with Gasteiger partial charge in [-0.1, -0.05) is 15.9 Å². The minimum Gasteiger partial charge on any atom is -0.481 e. The van der Waals surface area contributed by atoms with E-state index < -0.39 is 5.97 Å². The van der Waals surface area contributed by atoms with Gasteiger partial charge in [0.1, 0.15) is 0 Å². The molecule has 0 aliphatic carbocycles. The molecule has 1 aromatic heterocycles. The van der Waals surface area contributed by atoms with Crippen molar-refractivity contribution in [2.24, 2.45) is 0 Å². The van der Waals surface area contributed by atoms with Crippen LogP contribution in [0.15, 0.2) is 41.1 Å². The van der Waals surface area contributed by atoms with E-state index in [4.69, 9.17) is 5.11 Å². The van der Waals surface area contributed by atoms with Crippen LogP contribution < -0.4 is 0 Å². The first-order chi connectivity index (χ1) is 10.5. The van der Waals surface area contributed by atoms with E-state index in [2.05, 4.69) is 21.0 Å². The predicted molar refractivity (Wildman–Crippen MR) is 85.1 cm³/mol. The van der Waals surface area contributed by atoms with Gasteiger partial charge in [-0.3, -0.25) is 9.59 Å². The Morgan fingerprint density at radius 2 is 2.00 bits per heavy atom. The molecule has 6 nitrogen and oxygen atoms in total. The van der Waals surface area contributed by atoms with E-state index in [0.717, 1.165) is 10.2 Å². The number of carboxylic acids is 1. The topological polar surface area (TPSA) is 75.4 Å². The normalized spacial score (nSPS) is 10.5. The monoisotopic (exact) mass is 365 g/mol. The number of carbonyl (C=O) groups excluding carboxylic acids is 1. The summed E-state index contributed by atoms with van der Waals surface area (Å²) in [6.45, 7) is 0.397. The Kier molecular flexibility index (Phi) is 5.32. The van der Waals surface area contributed by atoms with Crippen molar-refractivity contribution in [3.8, 4) is 5.69 Å². The maximum Gasteiger partial charge on any atom is 0.303 e. The van der Waals surface area contributed by atoms with E-state index >= 15 is 0 Å². The number of rotatable bonds is 6. The van der Waals surface area contributed by atoms with Crippen molar-refractivity contribution in [2.45, 2.75) is 12.8 Å². The Balaban J connectivity index is 2.02. The molecule has 0 bridgehead atoms. The highest BCUT2D eigenvalue weighted by molar-refractivity contribution is 9.10. The standard InChI is InChI=1S/C15H16BrN3O3/c1-18(8-2-3-14(20)21)15(22)11-9-17-19(10-11)13-6-4-12(16)5-7-13/h4-7,9-10H,2-3,8H2,1H3,(H,20,21). The third-order valence-corrected chi connectivity index (χ3v) is 3.68. The number of benzene rings is 1. The van der Waals surface area contributed by atoms with Crippen LogP contribution in [-0.4, -0.2) is 45.3 Å². The lowest BCUT2D eigenvalue weighted by atomic mass is 10.2. The summed E-state index contributed by atoms with van der Waals surface area (Å²) in [4.78, 5) is 24.2. The number of nitrogens with zero attached hydrogens (tertiary/aromatic N) is 3. The fourth-order valence-corrected chi connectivity index (χ4v) is 2.22. The molecular formula is C15H16BrN3O3. The first-order valence-corrected chi connectivity index (χ1v) is 7.54. The number of aromatic nitrogens is 2. The molecule has 1 amide bonds. The molecule has 1 heterocycles. The summed E-state index contributed by atoms with van der Waals surface area (Å²) in [5.41, 5.74) is 1.33. The zero-order valence-corrected chi connectivity index (χ0v) is 13.7. The third kappa shape index (κ3) is 4.17. The van der Waals surface area contributed by atoms with Gasteiger partial charge in [0, 0.05) is 30.7 Å². The van der Waals surface area contributed by atoms with Crippen LogP contribution in [-0.2, 0) is 4.79 Å². The number of aliphatic carboxylic acids is 1. The zero-order chi connectivity index (χ0) is 16.1. The fourth-order valence-electron chi connectivity index (χ4n) is 1.96. The Hall–Kier alpha value is -2.15. The molecular weight excluding hydrogens is 350 g/mol. The number of carbonyl (C=O) groups is 2. The van der Waals surface area contributed by atoms with E-state index in [1.165, 1.54) is 11.1 Å². The molecule has 116 valence electrons. The second-order valence-electron chi connectivity index (χ2n) is 4.87. The Morgan fingerprint density at radius 3 is 2.64 bits per heavy atom. The minimum absolute atomic E-state index is 0.0514. The molecule has 1 N–H and O–H groups in total. The van der Waals surface area contributed by atoms with Gasteiger partial charge >= 0.3 is 5.97 Å². The largest absolute Gasteiger partial charge is 0.481 e. The first kappa shape index (κ1) is 16.2. The van der Waals surface area contributed by atoms with Crippen molar-refractivity contribution in [1.82, 2.24) is 14.7 Å². The molecule has 7 heteroatoms. The average molecular weight is 366 g/mol. The summed E-state index contributed by atoms with van der Waals surface area (Å²) >= 11 is 3.37. The lowest BCUT2D eigenvalue weighted by Gasteiger charge is -2.15. The molecule has 22 heavy (non-hydrogen) atoms. The molecule has 2 aromatic rings. The van der Waals surface area contributed by atoms with Crippen molar-refractivity contribution >= 4 is 27.8 Å². The summed E-state index contributed by atoms with van der Waals surface area (Å²) in [5.74, 6) is -1.03. The quantitative estimate of drug-likeness (QED) is 0.853. The molecule has 1 aromatic carbocycles. The lowest BCUT2D eigenvalue weighted by Crippen LogP contribution is -2.27. The van der Waals surface area contributed by atoms with Gasteiger partial charge in [-0.15, -0.1) is 0 Å². The molecule has 0 radical (unpaired) electrons. The molecule has 0 fully saturated rings. The summed E-state index contributed by atoms with van der Waals surface area (Å²) in [7, 11) is 1.65. The van der Waals surface area contributed by atoms with Crippen LogP contribution in [0.3, 0.4) is 0 Å². The fraction of sp³-hybridized carbons (Fsp3) is 0.267. The smallest absolute Gasteiger partial charge is 0.303 e. The van der Waals surface area contributed by atoms with Crippen molar-refractivity contribution in [3.05, 3.63) is 46.7 Å². The molecule has 2 rings (SSSR count). The van der Waals surface area contributed by atoms with E-state index in [1.807, 2.05) is 24.3 Å². The maximum atomic E-state index is 12.2. The van der Waals surface area contributed by atoms with Crippen LogP contribution in [0.4, 0.5) is 0 Å². The predicted octanol–water partition coefficient (Wildman–Crippen LogP) is 2.57. The Morgan fingerprint density at radius 1 is 1.32 bits per heavy atom. The Labute approximate surface area is 136 Å². The lowest BCUT2D eigenvalue weighted by molar-refractivity contribution is -0.137. The van der Waals surface area contributed by atoms with Crippen LogP contribution in [0.2, 0.25) is 0 Å². The van der Waals surface area contributed by atoms with Gasteiger partial charge < -0.3 is 10.0 Å². The van der Waals surface area contributed by atoms with Crippen LogP contribution in [0.5, 0.6) is 0 Å². The van der Waals surface area contributed by atoms with Gasteiger partial charge in [0.05, 0.1) is 17.4 Å². The summed E-state index contributed by atoms with van der Waals surface area (Å²) in [6.07, 6.45) is 3.66. The van der Waals surface area contributed by atoms with Gasteiger partial charge in [0.15, 0.2) is 0 Å². The van der Waals surface area contributed by atoms with Gasteiger partial charge in [-0.05, 0) is 30.7 Å². The van der Waals surface area contributed by atoms with Crippen LogP contribution in [0, 0.1) is 0 Å². The second kappa shape index (κ2) is 7.22. The molecule has 0 spiro atoms. The molecule has 0 aliphatic heterocycles. The van der Waals surface area contributed by atoms with Crippen LogP contribution in [0.25, 0.3) is 5.69 Å². The van der Waals surface area contributed by atoms with Crippen molar-refractivity contribution in [2.75, 3.05) is 13.6 Å². The molecule has 0 aliphatic rings. The number of carboxylic acid groups (broad SMARTS) is 1. The number of halogens is 1. The van der Waals surface area contributed by atoms with Crippen molar-refractivity contribution in [1.29, 1.82) is 0 Å². The molecule has 0 saturated carbocycles. The first-order valence-electron chi connectivity index (χ1n) is 6.75.